The molecule has 1 fully saturated rings. The minimum Gasteiger partial charge on any atom is -0.359 e. The fourth-order valence-electron chi connectivity index (χ4n) is 2.78. The average Bonchev–Trinajstić information content (AvgIpc) is 2.93. The van der Waals surface area contributed by atoms with E-state index in [1.165, 1.54) is 5.56 Å². The van der Waals surface area contributed by atoms with Crippen LogP contribution in [0.3, 0.4) is 0 Å². The van der Waals surface area contributed by atoms with Crippen LogP contribution in [0, 0.1) is 12.8 Å². The molecule has 0 aliphatic carbocycles. The van der Waals surface area contributed by atoms with E-state index in [0.717, 1.165) is 29.0 Å². The van der Waals surface area contributed by atoms with Gasteiger partial charge >= 0.3 is 0 Å². The second kappa shape index (κ2) is 4.96. The van der Waals surface area contributed by atoms with Gasteiger partial charge in [0, 0.05) is 13.6 Å². The molecule has 0 aromatic carbocycles. The van der Waals surface area contributed by atoms with Crippen molar-refractivity contribution in [3.63, 3.8) is 0 Å². The molecule has 1 atom stereocenters. The van der Waals surface area contributed by atoms with Gasteiger partial charge in [-0.25, -0.2) is 18.4 Å². The second-order valence-electron chi connectivity index (χ2n) is 5.45. The quantitative estimate of drug-likeness (QED) is 0.866. The van der Waals surface area contributed by atoms with Crippen molar-refractivity contribution in [2.45, 2.75) is 13.3 Å². The van der Waals surface area contributed by atoms with Gasteiger partial charge in [-0.1, -0.05) is 0 Å². The number of hydrogen-bond donors (Lipinski definition) is 0. The summed E-state index contributed by atoms with van der Waals surface area (Å²) in [5.41, 5.74) is 1.17. The Morgan fingerprint density at radius 3 is 2.95 bits per heavy atom. The highest BCUT2D eigenvalue weighted by Crippen LogP contribution is 2.31. The molecule has 0 bridgehead atoms. The fraction of sp³-hybridized carbons (Fsp3) is 0.538. The SMILES string of the molecule is Cc1csc2ncnc(N(C)CC3CCS(=O)(=O)C3)c12. The van der Waals surface area contributed by atoms with Gasteiger partial charge in [0.15, 0.2) is 9.84 Å². The number of rotatable bonds is 3. The third-order valence-corrected chi connectivity index (χ3v) is 6.60. The summed E-state index contributed by atoms with van der Waals surface area (Å²) in [6.07, 6.45) is 2.33. The lowest BCUT2D eigenvalue weighted by Gasteiger charge is -2.22. The maximum Gasteiger partial charge on any atom is 0.150 e. The molecule has 5 nitrogen and oxygen atoms in total. The largest absolute Gasteiger partial charge is 0.359 e. The highest BCUT2D eigenvalue weighted by Gasteiger charge is 2.29. The predicted octanol–water partition coefficient (Wildman–Crippen LogP) is 1.87. The first-order chi connectivity index (χ1) is 9.46. The molecule has 2 aromatic rings. The summed E-state index contributed by atoms with van der Waals surface area (Å²) in [5, 5.41) is 3.16. The second-order valence-corrected chi connectivity index (χ2v) is 8.53. The molecular formula is C13H17N3O2S2. The monoisotopic (exact) mass is 311 g/mol. The molecule has 1 aliphatic rings. The highest BCUT2D eigenvalue weighted by molar-refractivity contribution is 7.91. The van der Waals surface area contributed by atoms with Crippen LogP contribution in [-0.4, -0.2) is 43.5 Å². The van der Waals surface area contributed by atoms with E-state index in [1.54, 1.807) is 17.7 Å². The number of nitrogens with zero attached hydrogens (tertiary/aromatic N) is 3. The van der Waals surface area contributed by atoms with Gasteiger partial charge < -0.3 is 4.90 Å². The molecule has 0 radical (unpaired) electrons. The number of aromatic nitrogens is 2. The van der Waals surface area contributed by atoms with Crippen LogP contribution in [0.1, 0.15) is 12.0 Å². The Kier molecular flexibility index (Phi) is 3.41. The van der Waals surface area contributed by atoms with E-state index < -0.39 is 9.84 Å². The van der Waals surface area contributed by atoms with Crippen LogP contribution in [0.2, 0.25) is 0 Å². The Morgan fingerprint density at radius 2 is 2.25 bits per heavy atom. The van der Waals surface area contributed by atoms with Crippen LogP contribution in [0.4, 0.5) is 5.82 Å². The van der Waals surface area contributed by atoms with Gasteiger partial charge in [-0.05, 0) is 30.2 Å². The number of sulfone groups is 1. The zero-order valence-corrected chi connectivity index (χ0v) is 13.2. The van der Waals surface area contributed by atoms with E-state index in [-0.39, 0.29) is 5.92 Å². The molecular weight excluding hydrogens is 294 g/mol. The third kappa shape index (κ3) is 2.52. The summed E-state index contributed by atoms with van der Waals surface area (Å²) in [5.74, 6) is 1.73. The predicted molar refractivity (Wildman–Crippen MR) is 82.2 cm³/mol. The lowest BCUT2D eigenvalue weighted by Crippen LogP contribution is -2.27. The summed E-state index contributed by atoms with van der Waals surface area (Å²) in [6, 6.07) is 0. The molecule has 0 amide bonds. The van der Waals surface area contributed by atoms with Crippen molar-refractivity contribution in [2.75, 3.05) is 30.0 Å². The number of anilines is 1. The van der Waals surface area contributed by atoms with Crippen molar-refractivity contribution in [1.29, 1.82) is 0 Å². The van der Waals surface area contributed by atoms with E-state index in [0.29, 0.717) is 11.5 Å². The normalized spacial score (nSPS) is 21.4. The van der Waals surface area contributed by atoms with E-state index >= 15 is 0 Å². The molecule has 20 heavy (non-hydrogen) atoms. The molecule has 0 N–H and O–H groups in total. The summed E-state index contributed by atoms with van der Waals surface area (Å²) >= 11 is 1.61. The summed E-state index contributed by atoms with van der Waals surface area (Å²) in [6.45, 7) is 2.78. The van der Waals surface area contributed by atoms with Gasteiger partial charge in [0.1, 0.15) is 17.0 Å². The van der Waals surface area contributed by atoms with Gasteiger partial charge in [0.25, 0.3) is 0 Å². The Bertz CT molecular complexity index is 739. The van der Waals surface area contributed by atoms with Gasteiger partial charge in [-0.2, -0.15) is 0 Å². The van der Waals surface area contributed by atoms with Gasteiger partial charge in [0.2, 0.25) is 0 Å². The Labute approximate surface area is 122 Å². The summed E-state index contributed by atoms with van der Waals surface area (Å²) in [4.78, 5) is 11.7. The molecule has 0 spiro atoms. The standard InChI is InChI=1S/C13H17N3O2S2/c1-9-6-19-13-11(9)12(14-8-15-13)16(2)5-10-3-4-20(17,18)7-10/h6,8,10H,3-5,7H2,1-2H3. The molecule has 1 aliphatic heterocycles. The average molecular weight is 311 g/mol. The third-order valence-electron chi connectivity index (χ3n) is 3.75. The minimum atomic E-state index is -2.82. The fourth-order valence-corrected chi connectivity index (χ4v) is 5.51. The number of thiophene rings is 1. The van der Waals surface area contributed by atoms with E-state index in [2.05, 4.69) is 27.2 Å². The zero-order chi connectivity index (χ0) is 14.3. The number of aryl methyl sites for hydroxylation is 1. The molecule has 0 saturated carbocycles. The molecule has 108 valence electrons. The maximum atomic E-state index is 11.5. The van der Waals surface area contributed by atoms with Crippen LogP contribution in [0.25, 0.3) is 10.2 Å². The first-order valence-electron chi connectivity index (χ1n) is 6.56. The summed E-state index contributed by atoms with van der Waals surface area (Å²) < 4.78 is 23.1. The topological polar surface area (TPSA) is 63.2 Å². The zero-order valence-electron chi connectivity index (χ0n) is 11.5. The Morgan fingerprint density at radius 1 is 1.45 bits per heavy atom. The molecule has 3 heterocycles. The van der Waals surface area contributed by atoms with Crippen molar-refractivity contribution in [3.05, 3.63) is 17.3 Å². The van der Waals surface area contributed by atoms with E-state index in [9.17, 15) is 8.42 Å². The van der Waals surface area contributed by atoms with Crippen LogP contribution < -0.4 is 4.90 Å². The van der Waals surface area contributed by atoms with Crippen molar-refractivity contribution in [2.24, 2.45) is 5.92 Å². The van der Waals surface area contributed by atoms with Crippen LogP contribution in [-0.2, 0) is 9.84 Å². The maximum absolute atomic E-state index is 11.5. The van der Waals surface area contributed by atoms with Crippen LogP contribution >= 0.6 is 11.3 Å². The van der Waals surface area contributed by atoms with Crippen molar-refractivity contribution < 1.29 is 8.42 Å². The molecule has 1 saturated heterocycles. The molecule has 2 aromatic heterocycles. The smallest absolute Gasteiger partial charge is 0.150 e. The van der Waals surface area contributed by atoms with E-state index in [1.807, 2.05) is 7.05 Å². The first-order valence-corrected chi connectivity index (χ1v) is 9.27. The van der Waals surface area contributed by atoms with Crippen LogP contribution in [0.15, 0.2) is 11.7 Å². The summed E-state index contributed by atoms with van der Waals surface area (Å²) in [7, 11) is -0.844. The number of hydrogen-bond acceptors (Lipinski definition) is 6. The Hall–Kier alpha value is -1.21. The van der Waals surface area contributed by atoms with Crippen LogP contribution in [0.5, 0.6) is 0 Å². The van der Waals surface area contributed by atoms with Gasteiger partial charge in [-0.15, -0.1) is 11.3 Å². The van der Waals surface area contributed by atoms with E-state index in [4.69, 9.17) is 0 Å². The molecule has 7 heteroatoms. The minimum absolute atomic E-state index is 0.203. The van der Waals surface area contributed by atoms with Crippen molar-refractivity contribution >= 4 is 37.2 Å². The highest BCUT2D eigenvalue weighted by atomic mass is 32.2. The lowest BCUT2D eigenvalue weighted by atomic mass is 10.1. The Balaban J connectivity index is 1.86. The first kappa shape index (κ1) is 13.8. The lowest BCUT2D eigenvalue weighted by molar-refractivity contribution is 0.580. The van der Waals surface area contributed by atoms with Crippen molar-refractivity contribution in [3.8, 4) is 0 Å². The van der Waals surface area contributed by atoms with Gasteiger partial charge in [0.05, 0.1) is 16.9 Å². The van der Waals surface area contributed by atoms with Gasteiger partial charge in [-0.3, -0.25) is 0 Å². The molecule has 1 unspecified atom stereocenters. The molecule has 3 rings (SSSR count). The van der Waals surface area contributed by atoms with Crippen molar-refractivity contribution in [1.82, 2.24) is 9.97 Å². The number of fused-ring (bicyclic) bond motifs is 1.